The summed E-state index contributed by atoms with van der Waals surface area (Å²) in [4.78, 5) is 38.8. The normalized spacial score (nSPS) is 11.7. The van der Waals surface area contributed by atoms with Crippen molar-refractivity contribution in [1.29, 1.82) is 0 Å². The summed E-state index contributed by atoms with van der Waals surface area (Å²) in [5.41, 5.74) is -0.280. The number of benzene rings is 1. The maximum absolute atomic E-state index is 12.5. The van der Waals surface area contributed by atoms with Crippen molar-refractivity contribution >= 4 is 11.9 Å². The molecular weight excluding hydrogens is 378 g/mol. The standard InChI is InChI=1S/C21H19NO7/c1-27-17(23)10-13(16-9-8-15(29-16)12-6-4-3-5-7-12)18-19(24)14(21(26)28-2)11-22-20(18)25/h3-9,11,13H,10H2,1-2H3,(H2,22,24,25)/t13-/m1/s1. The summed E-state index contributed by atoms with van der Waals surface area (Å²) in [5, 5.41) is 10.6. The number of methoxy groups -OCH3 is 2. The molecule has 0 bridgehead atoms. The van der Waals surface area contributed by atoms with Crippen LogP contribution in [-0.4, -0.2) is 36.2 Å². The van der Waals surface area contributed by atoms with Crippen LogP contribution in [0, 0.1) is 0 Å². The lowest BCUT2D eigenvalue weighted by Crippen LogP contribution is -2.21. The molecule has 0 aliphatic carbocycles. The number of pyridine rings is 1. The van der Waals surface area contributed by atoms with Gasteiger partial charge in [-0.1, -0.05) is 30.3 Å². The first-order valence-corrected chi connectivity index (χ1v) is 8.71. The maximum atomic E-state index is 12.5. The maximum Gasteiger partial charge on any atom is 0.343 e. The van der Waals surface area contributed by atoms with Crippen molar-refractivity contribution in [3.8, 4) is 17.1 Å². The zero-order valence-corrected chi connectivity index (χ0v) is 15.8. The highest BCUT2D eigenvalue weighted by Crippen LogP contribution is 2.36. The van der Waals surface area contributed by atoms with Crippen molar-refractivity contribution in [2.45, 2.75) is 12.3 Å². The van der Waals surface area contributed by atoms with Gasteiger partial charge in [-0.05, 0) is 12.1 Å². The highest BCUT2D eigenvalue weighted by atomic mass is 16.5. The number of rotatable bonds is 6. The van der Waals surface area contributed by atoms with E-state index in [-0.39, 0.29) is 23.3 Å². The van der Waals surface area contributed by atoms with Crippen LogP contribution in [0.4, 0.5) is 0 Å². The topological polar surface area (TPSA) is 119 Å². The first-order chi connectivity index (χ1) is 14.0. The molecule has 1 aromatic carbocycles. The summed E-state index contributed by atoms with van der Waals surface area (Å²) >= 11 is 0. The molecule has 2 aromatic heterocycles. The minimum Gasteiger partial charge on any atom is -0.506 e. The van der Waals surface area contributed by atoms with Crippen LogP contribution >= 0.6 is 0 Å². The minimum absolute atomic E-state index is 0.188. The summed E-state index contributed by atoms with van der Waals surface area (Å²) in [5.74, 6) is -2.22. The van der Waals surface area contributed by atoms with E-state index in [9.17, 15) is 19.5 Å². The Morgan fingerprint density at radius 3 is 2.48 bits per heavy atom. The van der Waals surface area contributed by atoms with E-state index in [0.29, 0.717) is 5.76 Å². The van der Waals surface area contributed by atoms with E-state index in [2.05, 4.69) is 9.72 Å². The predicted molar refractivity (Wildman–Crippen MR) is 103 cm³/mol. The quantitative estimate of drug-likeness (QED) is 0.614. The van der Waals surface area contributed by atoms with Gasteiger partial charge in [0.2, 0.25) is 0 Å². The lowest BCUT2D eigenvalue weighted by molar-refractivity contribution is -0.140. The number of aromatic amines is 1. The van der Waals surface area contributed by atoms with Crippen molar-refractivity contribution in [1.82, 2.24) is 4.98 Å². The van der Waals surface area contributed by atoms with Gasteiger partial charge in [-0.15, -0.1) is 0 Å². The molecule has 1 atom stereocenters. The van der Waals surface area contributed by atoms with Crippen LogP contribution in [0.1, 0.15) is 34.0 Å². The lowest BCUT2D eigenvalue weighted by atomic mass is 9.92. The summed E-state index contributed by atoms with van der Waals surface area (Å²) in [6, 6.07) is 12.6. The molecule has 0 amide bonds. The molecule has 0 saturated carbocycles. The number of nitrogens with one attached hydrogen (secondary N) is 1. The van der Waals surface area contributed by atoms with Gasteiger partial charge in [-0.3, -0.25) is 9.59 Å². The summed E-state index contributed by atoms with van der Waals surface area (Å²) < 4.78 is 15.2. The molecular formula is C21H19NO7. The molecule has 8 heteroatoms. The van der Waals surface area contributed by atoms with E-state index >= 15 is 0 Å². The van der Waals surface area contributed by atoms with Crippen LogP contribution in [0.3, 0.4) is 0 Å². The second-order valence-corrected chi connectivity index (χ2v) is 6.19. The molecule has 0 aliphatic rings. The Balaban J connectivity index is 2.13. The smallest absolute Gasteiger partial charge is 0.343 e. The number of carbonyl (C=O) groups excluding carboxylic acids is 2. The third kappa shape index (κ3) is 4.06. The molecule has 2 N–H and O–H groups in total. The van der Waals surface area contributed by atoms with E-state index in [1.165, 1.54) is 7.11 Å². The first-order valence-electron chi connectivity index (χ1n) is 8.71. The average Bonchev–Trinajstić information content (AvgIpc) is 3.23. The second kappa shape index (κ2) is 8.47. The predicted octanol–water partition coefficient (Wildman–Crippen LogP) is 2.82. The van der Waals surface area contributed by atoms with E-state index in [0.717, 1.165) is 18.9 Å². The van der Waals surface area contributed by atoms with Gasteiger partial charge in [-0.25, -0.2) is 4.79 Å². The van der Waals surface area contributed by atoms with Crippen LogP contribution in [0.2, 0.25) is 0 Å². The number of esters is 2. The van der Waals surface area contributed by atoms with Crippen LogP contribution in [0.25, 0.3) is 11.3 Å². The SMILES string of the molecule is COC(=O)C[C@H](c1ccc(-c2ccccc2)o1)c1c(O)c(C(=O)OC)c[nH]c1=O. The molecule has 2 heterocycles. The molecule has 0 radical (unpaired) electrons. The Kier molecular flexibility index (Phi) is 5.82. The van der Waals surface area contributed by atoms with Gasteiger partial charge < -0.3 is 24.0 Å². The van der Waals surface area contributed by atoms with Gasteiger partial charge >= 0.3 is 11.9 Å². The third-order valence-electron chi connectivity index (χ3n) is 4.48. The van der Waals surface area contributed by atoms with E-state index in [1.807, 2.05) is 30.3 Å². The molecule has 0 fully saturated rings. The highest BCUT2D eigenvalue weighted by Gasteiger charge is 2.30. The van der Waals surface area contributed by atoms with Gasteiger partial charge in [0.25, 0.3) is 5.56 Å². The molecule has 0 unspecified atom stereocenters. The van der Waals surface area contributed by atoms with Gasteiger partial charge in [0.05, 0.1) is 32.1 Å². The number of hydrogen-bond acceptors (Lipinski definition) is 7. The van der Waals surface area contributed by atoms with Crippen molar-refractivity contribution in [2.75, 3.05) is 14.2 Å². The number of ether oxygens (including phenoxy) is 2. The van der Waals surface area contributed by atoms with Crippen molar-refractivity contribution in [3.05, 3.63) is 75.9 Å². The molecule has 0 saturated heterocycles. The zero-order chi connectivity index (χ0) is 21.0. The fraction of sp³-hybridized carbons (Fsp3) is 0.190. The Morgan fingerprint density at radius 1 is 1.10 bits per heavy atom. The van der Waals surface area contributed by atoms with Gasteiger partial charge in [0, 0.05) is 11.8 Å². The van der Waals surface area contributed by atoms with Crippen LogP contribution < -0.4 is 5.56 Å². The monoisotopic (exact) mass is 397 g/mol. The largest absolute Gasteiger partial charge is 0.506 e. The Labute approximate surface area is 165 Å². The zero-order valence-electron chi connectivity index (χ0n) is 15.8. The first kappa shape index (κ1) is 19.9. The third-order valence-corrected chi connectivity index (χ3v) is 4.48. The number of H-pyrrole nitrogens is 1. The fourth-order valence-electron chi connectivity index (χ4n) is 3.02. The molecule has 29 heavy (non-hydrogen) atoms. The van der Waals surface area contributed by atoms with E-state index in [4.69, 9.17) is 9.15 Å². The molecule has 8 nitrogen and oxygen atoms in total. The second-order valence-electron chi connectivity index (χ2n) is 6.19. The van der Waals surface area contributed by atoms with Crippen LogP contribution in [0.15, 0.2) is 57.9 Å². The summed E-state index contributed by atoms with van der Waals surface area (Å²) in [6.45, 7) is 0. The number of furan rings is 1. The van der Waals surface area contributed by atoms with Crippen molar-refractivity contribution < 1.29 is 28.6 Å². The fourth-order valence-corrected chi connectivity index (χ4v) is 3.02. The molecule has 0 aliphatic heterocycles. The van der Waals surface area contributed by atoms with Crippen molar-refractivity contribution in [2.24, 2.45) is 0 Å². The van der Waals surface area contributed by atoms with Gasteiger partial charge in [0.1, 0.15) is 22.8 Å². The summed E-state index contributed by atoms with van der Waals surface area (Å²) in [6.07, 6.45) is 0.777. The molecule has 3 aromatic rings. The number of carbonyl (C=O) groups is 2. The van der Waals surface area contributed by atoms with Crippen molar-refractivity contribution in [3.63, 3.8) is 0 Å². The van der Waals surface area contributed by atoms with Gasteiger partial charge in [-0.2, -0.15) is 0 Å². The van der Waals surface area contributed by atoms with E-state index in [1.54, 1.807) is 12.1 Å². The average molecular weight is 397 g/mol. The summed E-state index contributed by atoms with van der Waals surface area (Å²) in [7, 11) is 2.36. The number of aromatic nitrogens is 1. The molecule has 150 valence electrons. The Morgan fingerprint density at radius 2 is 1.83 bits per heavy atom. The van der Waals surface area contributed by atoms with Crippen LogP contribution in [-0.2, 0) is 14.3 Å². The number of aromatic hydroxyl groups is 1. The minimum atomic E-state index is -0.978. The van der Waals surface area contributed by atoms with Crippen LogP contribution in [0.5, 0.6) is 5.75 Å². The Hall–Kier alpha value is -3.81. The van der Waals surface area contributed by atoms with Gasteiger partial charge in [0.15, 0.2) is 0 Å². The number of hydrogen-bond donors (Lipinski definition) is 2. The Bertz CT molecular complexity index is 1080. The highest BCUT2D eigenvalue weighted by molar-refractivity contribution is 5.92. The van der Waals surface area contributed by atoms with E-state index < -0.39 is 29.2 Å². The molecule has 0 spiro atoms. The lowest BCUT2D eigenvalue weighted by Gasteiger charge is -2.16. The molecule has 3 rings (SSSR count).